The lowest BCUT2D eigenvalue weighted by Crippen LogP contribution is -2.42. The van der Waals surface area contributed by atoms with Gasteiger partial charge in [-0.1, -0.05) is 11.6 Å². The van der Waals surface area contributed by atoms with Crippen molar-refractivity contribution in [2.75, 3.05) is 38.2 Å². The Bertz CT molecular complexity index is 633. The number of halogens is 1. The molecule has 0 saturated carbocycles. The van der Waals surface area contributed by atoms with E-state index in [1.807, 2.05) is 11.9 Å². The minimum Gasteiger partial charge on any atom is -0.492 e. The maximum atomic E-state index is 11.9. The van der Waals surface area contributed by atoms with Gasteiger partial charge in [0, 0.05) is 17.6 Å². The van der Waals surface area contributed by atoms with Crippen molar-refractivity contribution in [3.05, 3.63) is 29.3 Å². The molecule has 1 atom stereocenters. The summed E-state index contributed by atoms with van der Waals surface area (Å²) in [5.41, 5.74) is 0. The van der Waals surface area contributed by atoms with Crippen LogP contribution < -0.4 is 10.1 Å². The standard InChI is InChI=1S/C15H21ClN2O4S/c1-18(7-8-22-14-4-2-12(16)3-5-14)10-15(19)17-13-6-9-23(20,21)11-13/h2-5,13H,6-11H2,1H3,(H,17,19). The van der Waals surface area contributed by atoms with Crippen molar-refractivity contribution in [2.45, 2.75) is 12.5 Å². The number of nitrogens with zero attached hydrogens (tertiary/aromatic N) is 1. The third-order valence-corrected chi connectivity index (χ3v) is 5.59. The molecule has 1 fully saturated rings. The van der Waals surface area contributed by atoms with Crippen molar-refractivity contribution < 1.29 is 17.9 Å². The Balaban J connectivity index is 1.65. The van der Waals surface area contributed by atoms with E-state index in [1.165, 1.54) is 0 Å². The van der Waals surface area contributed by atoms with Crippen LogP contribution in [0.5, 0.6) is 5.75 Å². The average molecular weight is 361 g/mol. The second-order valence-corrected chi connectivity index (χ2v) is 8.37. The van der Waals surface area contributed by atoms with E-state index in [0.29, 0.717) is 24.6 Å². The van der Waals surface area contributed by atoms with Crippen molar-refractivity contribution in [1.82, 2.24) is 10.2 Å². The average Bonchev–Trinajstić information content (AvgIpc) is 2.79. The van der Waals surface area contributed by atoms with Crippen molar-refractivity contribution in [3.63, 3.8) is 0 Å². The molecule has 6 nitrogen and oxygen atoms in total. The number of carbonyl (C=O) groups excluding carboxylic acids is 1. The van der Waals surface area contributed by atoms with Gasteiger partial charge < -0.3 is 10.1 Å². The molecule has 1 saturated heterocycles. The predicted molar refractivity (Wildman–Crippen MR) is 89.6 cm³/mol. The van der Waals surface area contributed by atoms with Gasteiger partial charge in [0.1, 0.15) is 12.4 Å². The van der Waals surface area contributed by atoms with E-state index in [0.717, 1.165) is 5.75 Å². The Hall–Kier alpha value is -1.31. The van der Waals surface area contributed by atoms with Gasteiger partial charge in [-0.2, -0.15) is 0 Å². The lowest BCUT2D eigenvalue weighted by molar-refractivity contribution is -0.122. The van der Waals surface area contributed by atoms with Crippen LogP contribution in [0.3, 0.4) is 0 Å². The van der Waals surface area contributed by atoms with Crippen LogP contribution in [0.25, 0.3) is 0 Å². The molecule has 1 aromatic carbocycles. The first-order valence-corrected chi connectivity index (χ1v) is 9.61. The maximum absolute atomic E-state index is 11.9. The van der Waals surface area contributed by atoms with Gasteiger partial charge in [-0.05, 0) is 37.7 Å². The quantitative estimate of drug-likeness (QED) is 0.783. The summed E-state index contributed by atoms with van der Waals surface area (Å²) in [4.78, 5) is 13.7. The molecule has 1 heterocycles. The molecule has 1 N–H and O–H groups in total. The number of carbonyl (C=O) groups is 1. The highest BCUT2D eigenvalue weighted by Gasteiger charge is 2.28. The molecule has 0 bridgehead atoms. The molecule has 0 radical (unpaired) electrons. The normalized spacial score (nSPS) is 19.7. The molecule has 1 aromatic rings. The number of benzene rings is 1. The SMILES string of the molecule is CN(CCOc1ccc(Cl)cc1)CC(=O)NC1CCS(=O)(=O)C1. The number of hydrogen-bond acceptors (Lipinski definition) is 5. The number of sulfone groups is 1. The Morgan fingerprint density at radius 2 is 2.09 bits per heavy atom. The lowest BCUT2D eigenvalue weighted by atomic mass is 10.2. The van der Waals surface area contributed by atoms with Crippen molar-refractivity contribution >= 4 is 27.3 Å². The molecule has 2 rings (SSSR count). The molecule has 1 aliphatic rings. The molecule has 0 spiro atoms. The molecule has 1 aliphatic heterocycles. The molecule has 23 heavy (non-hydrogen) atoms. The summed E-state index contributed by atoms with van der Waals surface area (Å²) in [6, 6.07) is 6.82. The van der Waals surface area contributed by atoms with Crippen molar-refractivity contribution in [1.29, 1.82) is 0 Å². The lowest BCUT2D eigenvalue weighted by Gasteiger charge is -2.18. The van der Waals surface area contributed by atoms with E-state index in [4.69, 9.17) is 16.3 Å². The number of amides is 1. The topological polar surface area (TPSA) is 75.7 Å². The smallest absolute Gasteiger partial charge is 0.234 e. The zero-order chi connectivity index (χ0) is 16.9. The van der Waals surface area contributed by atoms with Gasteiger partial charge >= 0.3 is 0 Å². The van der Waals surface area contributed by atoms with E-state index in [9.17, 15) is 13.2 Å². The van der Waals surface area contributed by atoms with Crippen LogP contribution >= 0.6 is 11.6 Å². The van der Waals surface area contributed by atoms with Gasteiger partial charge in [0.05, 0.1) is 18.1 Å². The van der Waals surface area contributed by atoms with E-state index < -0.39 is 9.84 Å². The van der Waals surface area contributed by atoms with Crippen LogP contribution in [0, 0.1) is 0 Å². The van der Waals surface area contributed by atoms with Gasteiger partial charge in [-0.3, -0.25) is 9.69 Å². The molecule has 1 amide bonds. The van der Waals surface area contributed by atoms with Crippen LogP contribution in [0.2, 0.25) is 5.02 Å². The third-order valence-electron chi connectivity index (χ3n) is 3.57. The summed E-state index contributed by atoms with van der Waals surface area (Å²) in [5.74, 6) is 0.759. The number of rotatable bonds is 7. The van der Waals surface area contributed by atoms with Crippen LogP contribution in [0.1, 0.15) is 6.42 Å². The fourth-order valence-corrected chi connectivity index (χ4v) is 4.16. The first-order valence-electron chi connectivity index (χ1n) is 7.41. The van der Waals surface area contributed by atoms with Crippen molar-refractivity contribution in [2.24, 2.45) is 0 Å². The molecule has 0 aromatic heterocycles. The molecular formula is C15H21ClN2O4S. The van der Waals surface area contributed by atoms with Gasteiger partial charge in [0.25, 0.3) is 0 Å². The maximum Gasteiger partial charge on any atom is 0.234 e. The van der Waals surface area contributed by atoms with Crippen LogP contribution in [0.4, 0.5) is 0 Å². The second-order valence-electron chi connectivity index (χ2n) is 5.71. The Morgan fingerprint density at radius 3 is 2.70 bits per heavy atom. The van der Waals surface area contributed by atoms with E-state index in [-0.39, 0.29) is 30.0 Å². The van der Waals surface area contributed by atoms with Gasteiger partial charge in [0.15, 0.2) is 9.84 Å². The number of ether oxygens (including phenoxy) is 1. The fourth-order valence-electron chi connectivity index (χ4n) is 2.36. The summed E-state index contributed by atoms with van der Waals surface area (Å²) >= 11 is 5.80. The number of nitrogens with one attached hydrogen (secondary N) is 1. The number of hydrogen-bond donors (Lipinski definition) is 1. The van der Waals surface area contributed by atoms with Crippen LogP contribution in [0.15, 0.2) is 24.3 Å². The number of likely N-dealkylation sites (N-methyl/N-ethyl adjacent to an activating group) is 1. The largest absolute Gasteiger partial charge is 0.492 e. The Morgan fingerprint density at radius 1 is 1.39 bits per heavy atom. The highest BCUT2D eigenvalue weighted by atomic mass is 35.5. The van der Waals surface area contributed by atoms with Crippen LogP contribution in [-0.2, 0) is 14.6 Å². The summed E-state index contributed by atoms with van der Waals surface area (Å²) < 4.78 is 28.3. The molecule has 1 unspecified atom stereocenters. The van der Waals surface area contributed by atoms with E-state index in [2.05, 4.69) is 5.32 Å². The summed E-state index contributed by atoms with van der Waals surface area (Å²) in [6.07, 6.45) is 0.497. The Labute approximate surface area is 141 Å². The summed E-state index contributed by atoms with van der Waals surface area (Å²) in [5, 5.41) is 3.42. The molecule has 8 heteroatoms. The van der Waals surface area contributed by atoms with E-state index in [1.54, 1.807) is 24.3 Å². The summed E-state index contributed by atoms with van der Waals surface area (Å²) in [7, 11) is -1.16. The first kappa shape index (κ1) is 18.0. The highest BCUT2D eigenvalue weighted by molar-refractivity contribution is 7.91. The Kier molecular flexibility index (Phi) is 6.26. The van der Waals surface area contributed by atoms with Gasteiger partial charge in [0.2, 0.25) is 5.91 Å². The fraction of sp³-hybridized carbons (Fsp3) is 0.533. The highest BCUT2D eigenvalue weighted by Crippen LogP contribution is 2.15. The van der Waals surface area contributed by atoms with E-state index >= 15 is 0 Å². The predicted octanol–water partition coefficient (Wildman–Crippen LogP) is 0.954. The third kappa shape index (κ3) is 6.37. The van der Waals surface area contributed by atoms with Gasteiger partial charge in [-0.25, -0.2) is 8.42 Å². The van der Waals surface area contributed by atoms with Gasteiger partial charge in [-0.15, -0.1) is 0 Å². The molecule has 0 aliphatic carbocycles. The summed E-state index contributed by atoms with van der Waals surface area (Å²) in [6.45, 7) is 1.24. The first-order chi connectivity index (χ1) is 10.8. The minimum absolute atomic E-state index is 0.0438. The molecular weight excluding hydrogens is 340 g/mol. The van der Waals surface area contributed by atoms with Crippen LogP contribution in [-0.4, -0.2) is 63.5 Å². The van der Waals surface area contributed by atoms with Crippen molar-refractivity contribution in [3.8, 4) is 5.75 Å². The minimum atomic E-state index is -2.98. The molecule has 128 valence electrons. The zero-order valence-electron chi connectivity index (χ0n) is 13.0. The zero-order valence-corrected chi connectivity index (χ0v) is 14.6. The monoisotopic (exact) mass is 360 g/mol. The second kappa shape index (κ2) is 7.99.